The third-order valence-corrected chi connectivity index (χ3v) is 2.47. The number of nitrogens with zero attached hydrogens (tertiary/aromatic N) is 1. The van der Waals surface area contributed by atoms with Crippen LogP contribution in [0.25, 0.3) is 0 Å². The zero-order valence-electron chi connectivity index (χ0n) is 6.28. The van der Waals surface area contributed by atoms with E-state index in [0.717, 1.165) is 0 Å². The minimum absolute atomic E-state index is 0.563. The molecule has 2 N–H and O–H groups in total. The summed E-state index contributed by atoms with van der Waals surface area (Å²) >= 11 is 0. The van der Waals surface area contributed by atoms with Crippen molar-refractivity contribution in [1.29, 1.82) is 0 Å². The molecular weight excluding hydrogens is 160 g/mol. The van der Waals surface area contributed by atoms with Crippen molar-refractivity contribution in [3.05, 3.63) is 18.3 Å². The number of nitrogens with two attached hydrogens (primary N) is 1. The standard InChI is InChI=1S/C7H10N2OS/c1-2-11(10)7-5-6(8)3-4-9-7/h3-5H,2H2,1H3,(H2,8,9)/t11-/m0/s1. The van der Waals surface area contributed by atoms with E-state index >= 15 is 0 Å². The van der Waals surface area contributed by atoms with Crippen molar-refractivity contribution in [2.75, 3.05) is 11.5 Å². The van der Waals surface area contributed by atoms with Crippen molar-refractivity contribution in [1.82, 2.24) is 4.98 Å². The van der Waals surface area contributed by atoms with Gasteiger partial charge in [0.15, 0.2) is 0 Å². The van der Waals surface area contributed by atoms with Gasteiger partial charge in [0.1, 0.15) is 5.03 Å². The van der Waals surface area contributed by atoms with Crippen molar-refractivity contribution in [3.8, 4) is 0 Å². The zero-order chi connectivity index (χ0) is 8.27. The van der Waals surface area contributed by atoms with Crippen LogP contribution in [0.1, 0.15) is 6.92 Å². The van der Waals surface area contributed by atoms with Gasteiger partial charge in [-0.3, -0.25) is 4.21 Å². The van der Waals surface area contributed by atoms with Crippen LogP contribution < -0.4 is 5.73 Å². The van der Waals surface area contributed by atoms with E-state index in [1.807, 2.05) is 6.92 Å². The largest absolute Gasteiger partial charge is 0.399 e. The summed E-state index contributed by atoms with van der Waals surface area (Å²) < 4.78 is 11.2. The molecule has 0 bridgehead atoms. The van der Waals surface area contributed by atoms with Gasteiger partial charge < -0.3 is 5.73 Å². The summed E-state index contributed by atoms with van der Waals surface area (Å²) in [4.78, 5) is 3.93. The summed E-state index contributed by atoms with van der Waals surface area (Å²) in [7, 11) is -0.992. The quantitative estimate of drug-likeness (QED) is 0.714. The monoisotopic (exact) mass is 170 g/mol. The predicted octanol–water partition coefficient (Wildman–Crippen LogP) is 0.791. The zero-order valence-corrected chi connectivity index (χ0v) is 7.10. The fraction of sp³-hybridized carbons (Fsp3) is 0.286. The first-order valence-corrected chi connectivity index (χ1v) is 4.66. The number of anilines is 1. The highest BCUT2D eigenvalue weighted by Crippen LogP contribution is 2.06. The first-order valence-electron chi connectivity index (χ1n) is 3.34. The second-order valence-electron chi connectivity index (χ2n) is 2.06. The van der Waals surface area contributed by atoms with Crippen LogP contribution in [0, 0.1) is 0 Å². The molecule has 0 aromatic carbocycles. The maximum atomic E-state index is 11.2. The molecule has 1 heterocycles. The average molecular weight is 170 g/mol. The van der Waals surface area contributed by atoms with Crippen LogP contribution in [0.15, 0.2) is 23.4 Å². The molecule has 1 aromatic heterocycles. The van der Waals surface area contributed by atoms with E-state index in [-0.39, 0.29) is 0 Å². The predicted molar refractivity (Wildman–Crippen MR) is 45.6 cm³/mol. The lowest BCUT2D eigenvalue weighted by Gasteiger charge is -1.97. The molecule has 0 saturated carbocycles. The number of hydrogen-bond acceptors (Lipinski definition) is 3. The summed E-state index contributed by atoms with van der Waals surface area (Å²) in [6, 6.07) is 3.32. The normalized spacial score (nSPS) is 12.8. The molecule has 11 heavy (non-hydrogen) atoms. The Bertz CT molecular complexity index is 275. The molecule has 0 spiro atoms. The smallest absolute Gasteiger partial charge is 0.129 e. The van der Waals surface area contributed by atoms with Crippen molar-refractivity contribution >= 4 is 16.5 Å². The van der Waals surface area contributed by atoms with Crippen LogP contribution in [0.2, 0.25) is 0 Å². The minimum Gasteiger partial charge on any atom is -0.399 e. The molecule has 0 aliphatic rings. The molecule has 0 aliphatic carbocycles. The van der Waals surface area contributed by atoms with Gasteiger partial charge in [-0.1, -0.05) is 6.92 Å². The van der Waals surface area contributed by atoms with Gasteiger partial charge >= 0.3 is 0 Å². The van der Waals surface area contributed by atoms with Gasteiger partial charge in [0.05, 0.1) is 10.8 Å². The molecule has 1 rings (SSSR count). The summed E-state index contributed by atoms with van der Waals surface area (Å²) in [6.45, 7) is 1.85. The van der Waals surface area contributed by atoms with E-state index in [0.29, 0.717) is 16.5 Å². The summed E-state index contributed by atoms with van der Waals surface area (Å²) in [5.74, 6) is 0.580. The minimum atomic E-state index is -0.992. The third-order valence-electron chi connectivity index (χ3n) is 1.25. The Labute approximate surface area is 68.1 Å². The molecule has 0 aliphatic heterocycles. The molecule has 3 nitrogen and oxygen atoms in total. The maximum Gasteiger partial charge on any atom is 0.129 e. The first kappa shape index (κ1) is 8.20. The highest BCUT2D eigenvalue weighted by atomic mass is 32.2. The number of nitrogen functional groups attached to an aromatic ring is 1. The highest BCUT2D eigenvalue weighted by Gasteiger charge is 2.00. The van der Waals surface area contributed by atoms with E-state index in [4.69, 9.17) is 5.73 Å². The number of rotatable bonds is 2. The Hall–Kier alpha value is -0.900. The van der Waals surface area contributed by atoms with Gasteiger partial charge in [0.25, 0.3) is 0 Å². The Balaban J connectivity index is 2.96. The lowest BCUT2D eigenvalue weighted by atomic mass is 10.4. The number of aromatic nitrogens is 1. The topological polar surface area (TPSA) is 56.0 Å². The van der Waals surface area contributed by atoms with Crippen LogP contribution in [0.5, 0.6) is 0 Å². The molecule has 60 valence electrons. The van der Waals surface area contributed by atoms with E-state index in [1.165, 1.54) is 0 Å². The van der Waals surface area contributed by atoms with Crippen molar-refractivity contribution in [2.45, 2.75) is 11.9 Å². The first-order chi connectivity index (χ1) is 5.24. The van der Waals surface area contributed by atoms with Crippen LogP contribution >= 0.6 is 0 Å². The second-order valence-corrected chi connectivity index (χ2v) is 3.75. The van der Waals surface area contributed by atoms with E-state index in [2.05, 4.69) is 4.98 Å². The number of pyridine rings is 1. The van der Waals surface area contributed by atoms with Gasteiger partial charge in [-0.2, -0.15) is 0 Å². The molecule has 0 saturated heterocycles. The molecule has 0 amide bonds. The molecule has 0 unspecified atom stereocenters. The van der Waals surface area contributed by atoms with Gasteiger partial charge in [-0.05, 0) is 12.1 Å². The van der Waals surface area contributed by atoms with Gasteiger partial charge in [0, 0.05) is 17.6 Å². The molecule has 4 heteroatoms. The Kier molecular flexibility index (Phi) is 2.59. The van der Waals surface area contributed by atoms with Crippen molar-refractivity contribution in [3.63, 3.8) is 0 Å². The summed E-state index contributed by atoms with van der Waals surface area (Å²) in [5, 5.41) is 0.563. The van der Waals surface area contributed by atoms with Crippen LogP contribution in [-0.2, 0) is 10.8 Å². The van der Waals surface area contributed by atoms with Crippen LogP contribution in [0.3, 0.4) is 0 Å². The molecule has 0 fully saturated rings. The lowest BCUT2D eigenvalue weighted by molar-refractivity contribution is 0.681. The average Bonchev–Trinajstić information content (AvgIpc) is 2.03. The second kappa shape index (κ2) is 3.48. The Morgan fingerprint density at radius 3 is 3.00 bits per heavy atom. The Morgan fingerprint density at radius 1 is 1.73 bits per heavy atom. The summed E-state index contributed by atoms with van der Waals surface area (Å²) in [5.41, 5.74) is 6.08. The highest BCUT2D eigenvalue weighted by molar-refractivity contribution is 7.84. The fourth-order valence-corrected chi connectivity index (χ4v) is 1.44. The third kappa shape index (κ3) is 2.01. The van der Waals surface area contributed by atoms with Gasteiger partial charge in [0.2, 0.25) is 0 Å². The van der Waals surface area contributed by atoms with Crippen LogP contribution in [-0.4, -0.2) is 14.9 Å². The molecule has 1 aromatic rings. The van der Waals surface area contributed by atoms with Crippen molar-refractivity contribution < 1.29 is 4.21 Å². The van der Waals surface area contributed by atoms with Crippen LogP contribution in [0.4, 0.5) is 5.69 Å². The molecular formula is C7H10N2OS. The van der Waals surface area contributed by atoms with E-state index in [9.17, 15) is 4.21 Å². The van der Waals surface area contributed by atoms with E-state index < -0.39 is 10.8 Å². The van der Waals surface area contributed by atoms with Gasteiger partial charge in [-0.25, -0.2) is 4.98 Å². The summed E-state index contributed by atoms with van der Waals surface area (Å²) in [6.07, 6.45) is 1.57. The van der Waals surface area contributed by atoms with E-state index in [1.54, 1.807) is 18.3 Å². The van der Waals surface area contributed by atoms with Gasteiger partial charge in [-0.15, -0.1) is 0 Å². The maximum absolute atomic E-state index is 11.2. The molecule has 1 atom stereocenters. The lowest BCUT2D eigenvalue weighted by Crippen LogP contribution is -1.98. The SMILES string of the molecule is CC[S@](=O)c1cc(N)ccn1. The number of hydrogen-bond donors (Lipinski definition) is 1. The fourth-order valence-electron chi connectivity index (χ4n) is 0.697. The molecule has 0 radical (unpaired) electrons. The van der Waals surface area contributed by atoms with Crippen molar-refractivity contribution in [2.24, 2.45) is 0 Å². The Morgan fingerprint density at radius 2 is 2.45 bits per heavy atom.